The summed E-state index contributed by atoms with van der Waals surface area (Å²) in [6.45, 7) is 5.74. The van der Waals surface area contributed by atoms with Crippen molar-refractivity contribution in [3.05, 3.63) is 101 Å². The maximum Gasteiger partial charge on any atom is 0.403 e. The maximum absolute atomic E-state index is 14.6. The highest BCUT2D eigenvalue weighted by atomic mass is 19.2. The van der Waals surface area contributed by atoms with Gasteiger partial charge in [0.25, 0.3) is 5.69 Å². The highest BCUT2D eigenvalue weighted by Crippen LogP contribution is 2.39. The van der Waals surface area contributed by atoms with Gasteiger partial charge in [-0.15, -0.1) is 0 Å². The lowest BCUT2D eigenvalue weighted by atomic mass is 9.72. The van der Waals surface area contributed by atoms with E-state index in [1.54, 1.807) is 60.3 Å². The number of halogens is 5. The Morgan fingerprint density at radius 2 is 1.58 bits per heavy atom. The van der Waals surface area contributed by atoms with Gasteiger partial charge in [-0.1, -0.05) is 45.0 Å². The molecular formula is C28H25F5N3O2+. The van der Waals surface area contributed by atoms with Crippen LogP contribution in [0.5, 0.6) is 0 Å². The molecule has 0 fully saturated rings. The molecule has 1 atom stereocenters. The minimum Gasteiger partial charge on any atom is -0.457 e. The zero-order valence-electron chi connectivity index (χ0n) is 21.1. The van der Waals surface area contributed by atoms with E-state index < -0.39 is 46.2 Å². The third kappa shape index (κ3) is 4.66. The Balaban J connectivity index is 1.70. The second-order valence-corrected chi connectivity index (χ2v) is 9.50. The predicted octanol–water partition coefficient (Wildman–Crippen LogP) is 5.83. The molecular weight excluding hydrogens is 505 g/mol. The fraction of sp³-hybridized carbons (Fsp3) is 0.250. The zero-order chi connectivity index (χ0) is 27.8. The SMILES string of the molecule is C[C@@H](COC(=O)c1cccc[n+]1C)C(C)(C)c1ccccc1-c1nccn1-c1c(F)c(F)c(F)c(F)c1F. The van der Waals surface area contributed by atoms with E-state index in [4.69, 9.17) is 4.74 Å². The summed E-state index contributed by atoms with van der Waals surface area (Å²) < 4.78 is 78.9. The van der Waals surface area contributed by atoms with Crippen molar-refractivity contribution in [2.45, 2.75) is 26.2 Å². The molecule has 0 N–H and O–H groups in total. The molecule has 0 saturated heterocycles. The molecule has 2 heterocycles. The normalized spacial score (nSPS) is 12.4. The number of nitrogens with zero attached hydrogens (tertiary/aromatic N) is 3. The van der Waals surface area contributed by atoms with Gasteiger partial charge in [0.05, 0.1) is 6.61 Å². The van der Waals surface area contributed by atoms with Crippen LogP contribution in [0.15, 0.2) is 61.1 Å². The number of imidazole rings is 1. The summed E-state index contributed by atoms with van der Waals surface area (Å²) in [4.78, 5) is 16.8. The average molecular weight is 531 g/mol. The molecule has 10 heteroatoms. The number of carbonyl (C=O) groups excluding carboxylic acids is 1. The third-order valence-electron chi connectivity index (χ3n) is 6.89. The lowest BCUT2D eigenvalue weighted by Gasteiger charge is -2.33. The first-order chi connectivity index (χ1) is 18.0. The fourth-order valence-electron chi connectivity index (χ4n) is 4.21. The van der Waals surface area contributed by atoms with Crippen molar-refractivity contribution in [3.63, 3.8) is 0 Å². The van der Waals surface area contributed by atoms with Gasteiger partial charge in [-0.2, -0.15) is 4.57 Å². The first-order valence-corrected chi connectivity index (χ1v) is 11.7. The Morgan fingerprint density at radius 3 is 2.24 bits per heavy atom. The summed E-state index contributed by atoms with van der Waals surface area (Å²) in [7, 11) is 1.73. The third-order valence-corrected chi connectivity index (χ3v) is 6.89. The molecule has 2 aromatic heterocycles. The van der Waals surface area contributed by atoms with Gasteiger partial charge < -0.3 is 4.74 Å². The maximum atomic E-state index is 14.6. The van der Waals surface area contributed by atoms with Gasteiger partial charge in [-0.05, 0) is 23.0 Å². The number of ether oxygens (including phenoxy) is 1. The van der Waals surface area contributed by atoms with Crippen molar-refractivity contribution in [2.75, 3.05) is 6.61 Å². The number of esters is 1. The Morgan fingerprint density at radius 1 is 0.974 bits per heavy atom. The molecule has 2 aromatic carbocycles. The van der Waals surface area contributed by atoms with Gasteiger partial charge in [-0.25, -0.2) is 31.7 Å². The fourth-order valence-corrected chi connectivity index (χ4v) is 4.21. The smallest absolute Gasteiger partial charge is 0.403 e. The van der Waals surface area contributed by atoms with Gasteiger partial charge in [-0.3, -0.25) is 4.57 Å². The first kappa shape index (κ1) is 27.0. The van der Waals surface area contributed by atoms with Crippen LogP contribution < -0.4 is 4.57 Å². The topological polar surface area (TPSA) is 48.0 Å². The second-order valence-electron chi connectivity index (χ2n) is 9.50. The molecule has 38 heavy (non-hydrogen) atoms. The first-order valence-electron chi connectivity index (χ1n) is 11.7. The number of hydrogen-bond donors (Lipinski definition) is 0. The van der Waals surface area contributed by atoms with Crippen LogP contribution in [-0.4, -0.2) is 22.1 Å². The number of aromatic nitrogens is 3. The van der Waals surface area contributed by atoms with Crippen LogP contribution in [0.25, 0.3) is 17.1 Å². The monoisotopic (exact) mass is 530 g/mol. The lowest BCUT2D eigenvalue weighted by molar-refractivity contribution is -0.674. The van der Waals surface area contributed by atoms with Crippen molar-refractivity contribution in [2.24, 2.45) is 13.0 Å². The van der Waals surface area contributed by atoms with Gasteiger partial charge in [0, 0.05) is 30.1 Å². The van der Waals surface area contributed by atoms with Crippen molar-refractivity contribution >= 4 is 5.97 Å². The highest BCUT2D eigenvalue weighted by molar-refractivity contribution is 5.85. The van der Waals surface area contributed by atoms with Crippen LogP contribution in [0.2, 0.25) is 0 Å². The molecule has 5 nitrogen and oxygen atoms in total. The number of aryl methyl sites for hydroxylation is 1. The molecule has 0 unspecified atom stereocenters. The van der Waals surface area contributed by atoms with E-state index >= 15 is 0 Å². The summed E-state index contributed by atoms with van der Waals surface area (Å²) in [5, 5.41) is 0. The Labute approximate surface area is 216 Å². The molecule has 0 radical (unpaired) electrons. The van der Waals surface area contributed by atoms with Gasteiger partial charge >= 0.3 is 5.97 Å². The molecule has 198 valence electrons. The van der Waals surface area contributed by atoms with E-state index in [2.05, 4.69) is 4.98 Å². The van der Waals surface area contributed by atoms with Crippen LogP contribution in [0.3, 0.4) is 0 Å². The van der Waals surface area contributed by atoms with E-state index in [9.17, 15) is 26.7 Å². The Kier molecular flexibility index (Phi) is 7.35. The Bertz CT molecular complexity index is 1490. The molecule has 4 rings (SSSR count). The summed E-state index contributed by atoms with van der Waals surface area (Å²) in [6, 6.07) is 12.0. The second kappa shape index (κ2) is 10.4. The molecule has 0 saturated carbocycles. The molecule has 0 aliphatic heterocycles. The van der Waals surface area contributed by atoms with Gasteiger partial charge in [0.2, 0.25) is 5.82 Å². The number of carbonyl (C=O) groups is 1. The van der Waals surface area contributed by atoms with Crippen molar-refractivity contribution in [1.29, 1.82) is 0 Å². The van der Waals surface area contributed by atoms with Crippen LogP contribution in [0.4, 0.5) is 22.0 Å². The standard InChI is InChI=1S/C28H25F5N3O2/c1-16(15-38-27(37)19-11-7-8-13-35(19)4)28(2,3)18-10-6-5-9-17(18)26-34-12-14-36(26)25-23(32)21(30)20(29)22(31)24(25)33/h5-14,16H,15H2,1-4H3/q+1/t16-/m0/s1. The van der Waals surface area contributed by atoms with Crippen LogP contribution >= 0.6 is 0 Å². The summed E-state index contributed by atoms with van der Waals surface area (Å²) in [6.07, 6.45) is 4.07. The highest BCUT2D eigenvalue weighted by Gasteiger charge is 2.34. The largest absolute Gasteiger partial charge is 0.457 e. The number of benzene rings is 2. The Hall–Kier alpha value is -4.08. The molecule has 0 spiro atoms. The van der Waals surface area contributed by atoms with Gasteiger partial charge in [0.15, 0.2) is 29.5 Å². The van der Waals surface area contributed by atoms with E-state index in [1.165, 1.54) is 6.20 Å². The van der Waals surface area contributed by atoms with Crippen molar-refractivity contribution < 1.29 is 36.1 Å². The van der Waals surface area contributed by atoms with E-state index in [1.807, 2.05) is 20.8 Å². The van der Waals surface area contributed by atoms with Gasteiger partial charge in [0.1, 0.15) is 18.6 Å². The zero-order valence-corrected chi connectivity index (χ0v) is 21.1. The minimum atomic E-state index is -2.24. The van der Waals surface area contributed by atoms with Crippen molar-refractivity contribution in [3.8, 4) is 17.1 Å². The van der Waals surface area contributed by atoms with Crippen LogP contribution in [0.1, 0.15) is 36.8 Å². The number of pyridine rings is 1. The molecule has 0 bridgehead atoms. The molecule has 0 amide bonds. The van der Waals surface area contributed by atoms with E-state index in [0.29, 0.717) is 16.8 Å². The van der Waals surface area contributed by atoms with E-state index in [-0.39, 0.29) is 18.3 Å². The average Bonchev–Trinajstić information content (AvgIpc) is 3.38. The molecule has 0 aliphatic carbocycles. The van der Waals surface area contributed by atoms with Crippen molar-refractivity contribution in [1.82, 2.24) is 9.55 Å². The summed E-state index contributed by atoms with van der Waals surface area (Å²) in [5.74, 6) is -11.0. The van der Waals surface area contributed by atoms with Crippen LogP contribution in [0, 0.1) is 35.0 Å². The number of hydrogen-bond acceptors (Lipinski definition) is 3. The lowest BCUT2D eigenvalue weighted by Crippen LogP contribution is -2.37. The van der Waals surface area contributed by atoms with E-state index in [0.717, 1.165) is 10.8 Å². The predicted molar refractivity (Wildman–Crippen MR) is 129 cm³/mol. The van der Waals surface area contributed by atoms with Crippen LogP contribution in [-0.2, 0) is 17.2 Å². The minimum absolute atomic E-state index is 0.0163. The number of rotatable bonds is 7. The quantitative estimate of drug-likeness (QED) is 0.0994. The summed E-state index contributed by atoms with van der Waals surface area (Å²) >= 11 is 0. The molecule has 4 aromatic rings. The summed E-state index contributed by atoms with van der Waals surface area (Å²) in [5.41, 5.74) is -0.339. The molecule has 0 aliphatic rings.